The number of aliphatic hydroxyl groups is 1. The number of benzene rings is 1. The number of likely N-dealkylation sites (N-methyl/N-ethyl adjacent to an activating group) is 1. The van der Waals surface area contributed by atoms with Gasteiger partial charge in [0.1, 0.15) is 5.82 Å². The molecule has 0 aliphatic rings. The van der Waals surface area contributed by atoms with Gasteiger partial charge in [0.15, 0.2) is 0 Å². The van der Waals surface area contributed by atoms with Crippen molar-refractivity contribution in [1.82, 2.24) is 4.90 Å². The second-order valence-electron chi connectivity index (χ2n) is 4.95. The molecule has 17 heavy (non-hydrogen) atoms. The molecular formula is C14H22FNO. The molecule has 0 aliphatic heterocycles. The first-order valence-electron chi connectivity index (χ1n) is 6.00. The number of aliphatic hydroxyl groups excluding tert-OH is 1. The lowest BCUT2D eigenvalue weighted by Crippen LogP contribution is -2.51. The second kappa shape index (κ2) is 5.61. The zero-order chi connectivity index (χ0) is 13.1. The Morgan fingerprint density at radius 2 is 1.82 bits per heavy atom. The summed E-state index contributed by atoms with van der Waals surface area (Å²) in [5.74, 6) is -0.242. The van der Waals surface area contributed by atoms with E-state index < -0.39 is 6.10 Å². The van der Waals surface area contributed by atoms with Gasteiger partial charge < -0.3 is 10.0 Å². The van der Waals surface area contributed by atoms with Gasteiger partial charge in [-0.05, 0) is 45.1 Å². The highest BCUT2D eigenvalue weighted by Crippen LogP contribution is 2.23. The van der Waals surface area contributed by atoms with Crippen LogP contribution >= 0.6 is 0 Å². The number of nitrogens with zero attached hydrogens (tertiary/aromatic N) is 1. The Morgan fingerprint density at radius 1 is 1.29 bits per heavy atom. The molecule has 2 nitrogen and oxygen atoms in total. The van der Waals surface area contributed by atoms with Crippen LogP contribution in [0.25, 0.3) is 0 Å². The molecule has 1 aromatic carbocycles. The third-order valence-electron chi connectivity index (χ3n) is 3.80. The van der Waals surface area contributed by atoms with E-state index in [4.69, 9.17) is 0 Å². The van der Waals surface area contributed by atoms with Gasteiger partial charge in [0.05, 0.1) is 6.10 Å². The Bertz CT molecular complexity index is 350. The van der Waals surface area contributed by atoms with Crippen molar-refractivity contribution in [3.8, 4) is 0 Å². The van der Waals surface area contributed by atoms with Crippen molar-refractivity contribution < 1.29 is 9.50 Å². The Hall–Kier alpha value is -0.930. The Morgan fingerprint density at radius 3 is 2.24 bits per heavy atom. The van der Waals surface area contributed by atoms with Gasteiger partial charge in [-0.1, -0.05) is 19.1 Å². The van der Waals surface area contributed by atoms with Crippen LogP contribution in [0.2, 0.25) is 0 Å². The fraction of sp³-hybridized carbons (Fsp3) is 0.571. The highest BCUT2D eigenvalue weighted by atomic mass is 19.1. The third-order valence-corrected chi connectivity index (χ3v) is 3.80. The van der Waals surface area contributed by atoms with Crippen LogP contribution in [0.15, 0.2) is 24.3 Å². The molecule has 0 aliphatic carbocycles. The first kappa shape index (κ1) is 14.1. The molecule has 0 saturated carbocycles. The minimum atomic E-state index is -0.465. The average Bonchev–Trinajstić information content (AvgIpc) is 2.30. The normalized spacial score (nSPS) is 16.9. The monoisotopic (exact) mass is 239 g/mol. The van der Waals surface area contributed by atoms with Crippen LogP contribution in [0, 0.1) is 5.82 Å². The standard InChI is InChI=1S/C14H22FNO/c1-5-14(2,16(3)4)13(17)10-11-6-8-12(15)9-7-11/h6-9,13,17H,5,10H2,1-4H3. The van der Waals surface area contributed by atoms with Crippen LogP contribution in [0.4, 0.5) is 4.39 Å². The summed E-state index contributed by atoms with van der Waals surface area (Å²) >= 11 is 0. The van der Waals surface area contributed by atoms with Crippen molar-refractivity contribution in [1.29, 1.82) is 0 Å². The molecule has 2 unspecified atom stereocenters. The smallest absolute Gasteiger partial charge is 0.123 e. The number of rotatable bonds is 5. The zero-order valence-electron chi connectivity index (χ0n) is 11.1. The molecular weight excluding hydrogens is 217 g/mol. The summed E-state index contributed by atoms with van der Waals surface area (Å²) in [4.78, 5) is 2.04. The average molecular weight is 239 g/mol. The summed E-state index contributed by atoms with van der Waals surface area (Å²) in [5, 5.41) is 10.3. The van der Waals surface area contributed by atoms with E-state index in [-0.39, 0.29) is 11.4 Å². The van der Waals surface area contributed by atoms with Gasteiger partial charge in [-0.15, -0.1) is 0 Å². The maximum Gasteiger partial charge on any atom is 0.123 e. The van der Waals surface area contributed by atoms with Crippen LogP contribution in [-0.2, 0) is 6.42 Å². The molecule has 0 amide bonds. The SMILES string of the molecule is CCC(C)(C(O)Cc1ccc(F)cc1)N(C)C. The molecule has 1 aromatic rings. The van der Waals surface area contributed by atoms with E-state index in [1.165, 1.54) is 12.1 Å². The molecule has 1 N–H and O–H groups in total. The van der Waals surface area contributed by atoms with Crippen LogP contribution in [0.5, 0.6) is 0 Å². The maximum absolute atomic E-state index is 12.8. The lowest BCUT2D eigenvalue weighted by Gasteiger charge is -2.40. The molecule has 2 atom stereocenters. The first-order valence-corrected chi connectivity index (χ1v) is 6.00. The van der Waals surface area contributed by atoms with Gasteiger partial charge in [0, 0.05) is 12.0 Å². The fourth-order valence-electron chi connectivity index (χ4n) is 1.91. The van der Waals surface area contributed by atoms with Crippen molar-refractivity contribution in [2.24, 2.45) is 0 Å². The van der Waals surface area contributed by atoms with Gasteiger partial charge in [-0.2, -0.15) is 0 Å². The number of halogens is 1. The largest absolute Gasteiger partial charge is 0.391 e. The third kappa shape index (κ3) is 3.27. The quantitative estimate of drug-likeness (QED) is 0.853. The number of hydrogen-bond acceptors (Lipinski definition) is 2. The van der Waals surface area contributed by atoms with Crippen molar-refractivity contribution in [2.45, 2.75) is 38.3 Å². The van der Waals surface area contributed by atoms with Gasteiger partial charge in [0.2, 0.25) is 0 Å². The van der Waals surface area contributed by atoms with Crippen molar-refractivity contribution in [3.63, 3.8) is 0 Å². The molecule has 0 radical (unpaired) electrons. The zero-order valence-corrected chi connectivity index (χ0v) is 11.1. The molecule has 96 valence electrons. The second-order valence-corrected chi connectivity index (χ2v) is 4.95. The lowest BCUT2D eigenvalue weighted by atomic mass is 9.86. The molecule has 1 rings (SSSR count). The lowest BCUT2D eigenvalue weighted by molar-refractivity contribution is 0.00300. The van der Waals surface area contributed by atoms with E-state index in [1.54, 1.807) is 12.1 Å². The summed E-state index contributed by atoms with van der Waals surface area (Å²) in [6.07, 6.45) is 0.943. The Balaban J connectivity index is 2.77. The van der Waals surface area contributed by atoms with Gasteiger partial charge >= 0.3 is 0 Å². The Labute approximate surface area is 103 Å². The van der Waals surface area contributed by atoms with Crippen LogP contribution in [-0.4, -0.2) is 35.7 Å². The van der Waals surface area contributed by atoms with E-state index in [2.05, 4.69) is 6.92 Å². The molecule has 0 spiro atoms. The summed E-state index contributed by atoms with van der Waals surface area (Å²) in [7, 11) is 3.94. The van der Waals surface area contributed by atoms with E-state index >= 15 is 0 Å². The summed E-state index contributed by atoms with van der Waals surface area (Å²) in [6, 6.07) is 6.32. The van der Waals surface area contributed by atoms with Crippen molar-refractivity contribution in [3.05, 3.63) is 35.6 Å². The summed E-state index contributed by atoms with van der Waals surface area (Å²) in [5.41, 5.74) is 0.703. The van der Waals surface area contributed by atoms with Crippen molar-refractivity contribution >= 4 is 0 Å². The van der Waals surface area contributed by atoms with E-state index in [0.29, 0.717) is 6.42 Å². The van der Waals surface area contributed by atoms with Gasteiger partial charge in [0.25, 0.3) is 0 Å². The maximum atomic E-state index is 12.8. The van der Waals surface area contributed by atoms with Crippen LogP contribution < -0.4 is 0 Å². The predicted molar refractivity (Wildman–Crippen MR) is 68.5 cm³/mol. The minimum Gasteiger partial charge on any atom is -0.391 e. The van der Waals surface area contributed by atoms with Crippen LogP contribution in [0.3, 0.4) is 0 Å². The topological polar surface area (TPSA) is 23.5 Å². The van der Waals surface area contributed by atoms with E-state index in [1.807, 2.05) is 25.9 Å². The Kier molecular flexibility index (Phi) is 4.66. The molecule has 0 saturated heterocycles. The highest BCUT2D eigenvalue weighted by Gasteiger charge is 2.33. The molecule has 3 heteroatoms. The number of hydrogen-bond donors (Lipinski definition) is 1. The van der Waals surface area contributed by atoms with Gasteiger partial charge in [-0.3, -0.25) is 0 Å². The fourth-order valence-corrected chi connectivity index (χ4v) is 1.91. The summed E-state index contributed by atoms with van der Waals surface area (Å²) < 4.78 is 12.8. The minimum absolute atomic E-state index is 0.242. The first-order chi connectivity index (χ1) is 7.90. The molecule has 0 aromatic heterocycles. The predicted octanol–water partition coefficient (Wildman–Crippen LogP) is 2.46. The molecule has 0 fully saturated rings. The van der Waals surface area contributed by atoms with E-state index in [0.717, 1.165) is 12.0 Å². The van der Waals surface area contributed by atoms with Crippen molar-refractivity contribution in [2.75, 3.05) is 14.1 Å². The van der Waals surface area contributed by atoms with Crippen LogP contribution in [0.1, 0.15) is 25.8 Å². The summed E-state index contributed by atoms with van der Waals surface area (Å²) in [6.45, 7) is 4.11. The molecule has 0 bridgehead atoms. The van der Waals surface area contributed by atoms with E-state index in [9.17, 15) is 9.50 Å². The highest BCUT2D eigenvalue weighted by molar-refractivity contribution is 5.17. The van der Waals surface area contributed by atoms with Gasteiger partial charge in [-0.25, -0.2) is 4.39 Å². The molecule has 0 heterocycles.